The molecule has 0 radical (unpaired) electrons. The number of carbonyl (C=O) groups is 2. The molecule has 1 aromatic heterocycles. The van der Waals surface area contributed by atoms with Crippen molar-refractivity contribution in [1.82, 2.24) is 10.5 Å². The Labute approximate surface area is 156 Å². The van der Waals surface area contributed by atoms with E-state index in [1.54, 1.807) is 24.3 Å². The van der Waals surface area contributed by atoms with Crippen molar-refractivity contribution in [3.63, 3.8) is 0 Å². The molecule has 0 saturated carbocycles. The first-order valence-electron chi connectivity index (χ1n) is 8.06. The Morgan fingerprint density at radius 3 is 2.69 bits per heavy atom. The lowest BCUT2D eigenvalue weighted by molar-refractivity contribution is -0.140. The van der Waals surface area contributed by atoms with Gasteiger partial charge in [-0.2, -0.15) is 0 Å². The fraction of sp³-hybridized carbons (Fsp3) is 0.389. The third-order valence-corrected chi connectivity index (χ3v) is 3.63. The first-order valence-corrected chi connectivity index (χ1v) is 8.44. The Bertz CT molecular complexity index is 782. The number of halogens is 1. The van der Waals surface area contributed by atoms with Crippen LogP contribution in [0.4, 0.5) is 0 Å². The number of nitrogens with zero attached hydrogens (tertiary/aromatic N) is 1. The topological polar surface area (TPSA) is 102 Å². The van der Waals surface area contributed by atoms with Crippen molar-refractivity contribution < 1.29 is 24.0 Å². The van der Waals surface area contributed by atoms with Crippen LogP contribution < -0.4 is 5.32 Å². The molecule has 2 N–H and O–H groups in total. The fourth-order valence-corrected chi connectivity index (χ4v) is 2.33. The summed E-state index contributed by atoms with van der Waals surface area (Å²) in [5.41, 5.74) is 0.735. The number of benzene rings is 1. The summed E-state index contributed by atoms with van der Waals surface area (Å²) >= 11 is 5.93. The highest BCUT2D eigenvalue weighted by Gasteiger charge is 2.24. The average Bonchev–Trinajstić information content (AvgIpc) is 3.02. The van der Waals surface area contributed by atoms with Crippen molar-refractivity contribution >= 4 is 23.5 Å². The molecule has 1 unspecified atom stereocenters. The molecule has 0 bridgehead atoms. The minimum atomic E-state index is -1.15. The van der Waals surface area contributed by atoms with E-state index >= 15 is 0 Å². The Morgan fingerprint density at radius 1 is 1.35 bits per heavy atom. The molecule has 26 heavy (non-hydrogen) atoms. The van der Waals surface area contributed by atoms with Crippen molar-refractivity contribution in [3.8, 4) is 11.3 Å². The van der Waals surface area contributed by atoms with Crippen LogP contribution in [0.3, 0.4) is 0 Å². The van der Waals surface area contributed by atoms with E-state index in [2.05, 4.69) is 10.5 Å². The molecule has 1 amide bonds. The predicted octanol–water partition coefficient (Wildman–Crippen LogP) is 3.38. The predicted molar refractivity (Wildman–Crippen MR) is 96.2 cm³/mol. The Hall–Kier alpha value is -2.38. The molecule has 0 saturated heterocycles. The van der Waals surface area contributed by atoms with E-state index in [0.29, 0.717) is 16.3 Å². The number of rotatable bonds is 7. The molecule has 1 aromatic carbocycles. The van der Waals surface area contributed by atoms with E-state index in [4.69, 9.17) is 20.9 Å². The zero-order valence-corrected chi connectivity index (χ0v) is 15.5. The molecular weight excluding hydrogens is 360 g/mol. The summed E-state index contributed by atoms with van der Waals surface area (Å²) in [6, 6.07) is 7.27. The first-order chi connectivity index (χ1) is 12.2. The van der Waals surface area contributed by atoms with Crippen LogP contribution in [0.5, 0.6) is 0 Å². The van der Waals surface area contributed by atoms with Crippen LogP contribution >= 0.6 is 11.6 Å². The van der Waals surface area contributed by atoms with E-state index in [-0.39, 0.29) is 24.4 Å². The maximum atomic E-state index is 12.3. The van der Waals surface area contributed by atoms with Gasteiger partial charge >= 0.3 is 5.97 Å². The van der Waals surface area contributed by atoms with Crippen LogP contribution in [0.2, 0.25) is 5.02 Å². The van der Waals surface area contributed by atoms with E-state index in [1.165, 1.54) is 6.07 Å². The molecule has 8 heteroatoms. The lowest BCUT2D eigenvalue weighted by Crippen LogP contribution is -2.41. The van der Waals surface area contributed by atoms with Crippen molar-refractivity contribution in [2.45, 2.75) is 38.8 Å². The quantitative estimate of drug-likeness (QED) is 0.763. The largest absolute Gasteiger partial charge is 0.480 e. The number of hydrogen-bond donors (Lipinski definition) is 2. The van der Waals surface area contributed by atoms with Gasteiger partial charge in [0.15, 0.2) is 0 Å². The second-order valence-electron chi connectivity index (χ2n) is 6.70. The molecule has 140 valence electrons. The van der Waals surface area contributed by atoms with Gasteiger partial charge < -0.3 is 19.7 Å². The molecule has 2 rings (SSSR count). The van der Waals surface area contributed by atoms with Gasteiger partial charge in [-0.3, -0.25) is 4.79 Å². The van der Waals surface area contributed by atoms with Crippen molar-refractivity contribution in [2.75, 3.05) is 6.61 Å². The van der Waals surface area contributed by atoms with Gasteiger partial charge in [0.1, 0.15) is 11.7 Å². The molecule has 7 nitrogen and oxygen atoms in total. The number of nitrogens with one attached hydrogen (secondary N) is 1. The Morgan fingerprint density at radius 2 is 2.08 bits per heavy atom. The summed E-state index contributed by atoms with van der Waals surface area (Å²) in [5, 5.41) is 16.1. The second-order valence-corrected chi connectivity index (χ2v) is 7.14. The smallest absolute Gasteiger partial charge is 0.326 e. The number of ether oxygens (including phenoxy) is 1. The van der Waals surface area contributed by atoms with Crippen LogP contribution in [0.1, 0.15) is 37.7 Å². The van der Waals surface area contributed by atoms with E-state index in [1.807, 2.05) is 20.8 Å². The summed E-state index contributed by atoms with van der Waals surface area (Å²) in [6.07, 6.45) is 0.133. The Kier molecular flexibility index (Phi) is 6.39. The molecule has 0 fully saturated rings. The van der Waals surface area contributed by atoms with Crippen LogP contribution in [0.15, 0.2) is 34.9 Å². The lowest BCUT2D eigenvalue weighted by Gasteiger charge is -2.21. The number of aliphatic carboxylic acids is 1. The van der Waals surface area contributed by atoms with E-state index < -0.39 is 17.9 Å². The van der Waals surface area contributed by atoms with E-state index in [0.717, 1.165) is 0 Å². The maximum absolute atomic E-state index is 12.3. The number of carboxylic acids is 1. The highest BCUT2D eigenvalue weighted by atomic mass is 35.5. The van der Waals surface area contributed by atoms with Crippen molar-refractivity contribution in [1.29, 1.82) is 0 Å². The number of aromatic nitrogens is 1. The number of amides is 1. The summed E-state index contributed by atoms with van der Waals surface area (Å²) in [5.74, 6) is -1.89. The van der Waals surface area contributed by atoms with Gasteiger partial charge in [-0.05, 0) is 32.9 Å². The molecule has 0 aliphatic heterocycles. The lowest BCUT2D eigenvalue weighted by atomic mass is 10.1. The Balaban J connectivity index is 2.02. The zero-order chi connectivity index (χ0) is 19.3. The van der Waals surface area contributed by atoms with Crippen molar-refractivity contribution in [3.05, 3.63) is 41.1 Å². The number of hydrogen-bond acceptors (Lipinski definition) is 5. The summed E-state index contributed by atoms with van der Waals surface area (Å²) in [7, 11) is 0. The van der Waals surface area contributed by atoms with Crippen LogP contribution in [-0.4, -0.2) is 40.4 Å². The van der Waals surface area contributed by atoms with Crippen molar-refractivity contribution in [2.24, 2.45) is 0 Å². The van der Waals surface area contributed by atoms with Gasteiger partial charge in [-0.1, -0.05) is 28.9 Å². The van der Waals surface area contributed by atoms with E-state index in [9.17, 15) is 14.7 Å². The van der Waals surface area contributed by atoms with Crippen LogP contribution in [0.25, 0.3) is 11.3 Å². The SMILES string of the molecule is CC(C)(C)OCCC(NC(=O)c1cc(-c2cccc(Cl)c2)no1)C(=O)O. The van der Waals surface area contributed by atoms with Crippen LogP contribution in [-0.2, 0) is 9.53 Å². The maximum Gasteiger partial charge on any atom is 0.326 e. The van der Waals surface area contributed by atoms with Gasteiger partial charge in [-0.15, -0.1) is 0 Å². The molecule has 0 aliphatic rings. The monoisotopic (exact) mass is 380 g/mol. The summed E-state index contributed by atoms with van der Waals surface area (Å²) in [4.78, 5) is 23.6. The van der Waals surface area contributed by atoms with Gasteiger partial charge in [-0.25, -0.2) is 4.79 Å². The first kappa shape index (κ1) is 19.9. The molecule has 1 heterocycles. The molecule has 0 aliphatic carbocycles. The minimum absolute atomic E-state index is 0.0806. The molecular formula is C18H21ClN2O5. The highest BCUT2D eigenvalue weighted by molar-refractivity contribution is 6.30. The number of carboxylic acid groups (broad SMARTS) is 1. The average molecular weight is 381 g/mol. The van der Waals surface area contributed by atoms with Gasteiger partial charge in [0.05, 0.1) is 5.60 Å². The number of carbonyl (C=O) groups excluding carboxylic acids is 1. The molecule has 2 aromatic rings. The second kappa shape index (κ2) is 8.33. The van der Waals surface area contributed by atoms with Crippen LogP contribution in [0, 0.1) is 0 Å². The molecule has 1 atom stereocenters. The summed E-state index contributed by atoms with van der Waals surface area (Å²) in [6.45, 7) is 5.80. The molecule has 0 spiro atoms. The zero-order valence-electron chi connectivity index (χ0n) is 14.8. The fourth-order valence-electron chi connectivity index (χ4n) is 2.14. The van der Waals surface area contributed by atoms with Gasteiger partial charge in [0.2, 0.25) is 5.76 Å². The normalized spacial score (nSPS) is 12.6. The van der Waals surface area contributed by atoms with Gasteiger partial charge in [0.25, 0.3) is 5.91 Å². The third-order valence-electron chi connectivity index (χ3n) is 3.40. The third kappa shape index (κ3) is 5.86. The minimum Gasteiger partial charge on any atom is -0.480 e. The highest BCUT2D eigenvalue weighted by Crippen LogP contribution is 2.22. The standard InChI is InChI=1S/C18H21ClN2O5/c1-18(2,3)25-8-7-13(17(23)24)20-16(22)15-10-14(21-26-15)11-5-4-6-12(19)9-11/h4-6,9-10,13H,7-8H2,1-3H3,(H,20,22)(H,23,24). The van der Waals surface area contributed by atoms with Gasteiger partial charge in [0, 0.05) is 29.7 Å². The summed E-state index contributed by atoms with van der Waals surface area (Å²) < 4.78 is 10.5.